The van der Waals surface area contributed by atoms with E-state index in [0.717, 1.165) is 29.5 Å². The number of para-hydroxylation sites is 1. The first kappa shape index (κ1) is 44.7. The van der Waals surface area contributed by atoms with Gasteiger partial charge in [0, 0.05) is 113 Å². The van der Waals surface area contributed by atoms with Crippen molar-refractivity contribution in [1.29, 1.82) is 0 Å². The molecule has 0 aliphatic carbocycles. The van der Waals surface area contributed by atoms with Gasteiger partial charge in [-0.05, 0) is 80.0 Å². The van der Waals surface area contributed by atoms with Crippen LogP contribution in [0.3, 0.4) is 0 Å². The van der Waals surface area contributed by atoms with Gasteiger partial charge < -0.3 is 29.9 Å². The number of rotatable bonds is 11. The summed E-state index contributed by atoms with van der Waals surface area (Å²) in [6.45, 7) is 2.43. The highest BCUT2D eigenvalue weighted by Crippen LogP contribution is 2.43. The summed E-state index contributed by atoms with van der Waals surface area (Å²) < 4.78 is 53.1. The Labute approximate surface area is 381 Å². The average molecular weight is 926 g/mol. The van der Waals surface area contributed by atoms with E-state index in [1.54, 1.807) is 82.6 Å². The molecule has 2 saturated heterocycles. The van der Waals surface area contributed by atoms with Crippen molar-refractivity contribution in [1.82, 2.24) is 39.0 Å². The number of alkyl halides is 3. The van der Waals surface area contributed by atoms with Crippen molar-refractivity contribution in [2.75, 3.05) is 45.2 Å². The second-order valence-electron chi connectivity index (χ2n) is 17.4. The fourth-order valence-corrected chi connectivity index (χ4v) is 10.6. The minimum absolute atomic E-state index is 0.0254. The van der Waals surface area contributed by atoms with Gasteiger partial charge in [0.15, 0.2) is 0 Å². The summed E-state index contributed by atoms with van der Waals surface area (Å²) in [5.74, 6) is -0.819. The molecular weight excluding hydrogens is 876 g/mol. The number of hydrogen-bond acceptors (Lipinski definition) is 10. The monoisotopic (exact) mass is 925 g/mol. The first-order valence-electron chi connectivity index (χ1n) is 22.0. The number of halogens is 3. The molecule has 2 N–H and O–H groups in total. The van der Waals surface area contributed by atoms with E-state index in [9.17, 15) is 37.5 Å². The van der Waals surface area contributed by atoms with Crippen LogP contribution in [0.5, 0.6) is 5.75 Å². The fraction of sp³-hybridized carbons (Fsp3) is 0.404. The van der Waals surface area contributed by atoms with E-state index in [1.165, 1.54) is 22.3 Å². The van der Waals surface area contributed by atoms with Crippen molar-refractivity contribution in [3.63, 3.8) is 0 Å². The van der Waals surface area contributed by atoms with Crippen LogP contribution in [-0.4, -0.2) is 109 Å². The number of carbonyl (C=O) groups is 3. The molecule has 6 aromatic rings. The maximum Gasteiger partial charge on any atom is 0.573 e. The first-order chi connectivity index (χ1) is 31.6. The minimum atomic E-state index is -5.02. The third-order valence-electron chi connectivity index (χ3n) is 12.9. The number of aliphatic hydroxyl groups is 1. The second kappa shape index (κ2) is 18.1. The van der Waals surface area contributed by atoms with E-state index in [1.807, 2.05) is 29.2 Å². The van der Waals surface area contributed by atoms with Gasteiger partial charge in [-0.1, -0.05) is 18.2 Å². The van der Waals surface area contributed by atoms with Gasteiger partial charge in [-0.15, -0.1) is 24.5 Å². The molecule has 19 heteroatoms. The molecule has 2 unspecified atom stereocenters. The topological polar surface area (TPSA) is 160 Å². The number of carbonyl (C=O) groups excluding carboxylic acids is 3. The molecule has 346 valence electrons. The fourth-order valence-electron chi connectivity index (χ4n) is 9.56. The molecule has 66 heavy (non-hydrogen) atoms. The highest BCUT2D eigenvalue weighted by molar-refractivity contribution is 7.19. The molecule has 6 heterocycles. The molecule has 2 fully saturated rings. The zero-order chi connectivity index (χ0) is 46.4. The third kappa shape index (κ3) is 9.05. The molecule has 0 saturated carbocycles. The predicted molar refractivity (Wildman–Crippen MR) is 244 cm³/mol. The molecule has 3 aliphatic rings. The van der Waals surface area contributed by atoms with Crippen molar-refractivity contribution in [2.45, 2.75) is 70.1 Å². The molecule has 3 aromatic heterocycles. The van der Waals surface area contributed by atoms with Crippen molar-refractivity contribution in [3.05, 3.63) is 99.7 Å². The molecule has 15 nitrogen and oxygen atoms in total. The quantitative estimate of drug-likeness (QED) is 0.151. The summed E-state index contributed by atoms with van der Waals surface area (Å²) >= 11 is 1.32. The van der Waals surface area contributed by atoms with Gasteiger partial charge in [0.1, 0.15) is 17.0 Å². The molecule has 3 aromatic carbocycles. The van der Waals surface area contributed by atoms with Crippen LogP contribution in [0.1, 0.15) is 65.5 Å². The number of imidazole rings is 1. The first-order valence-corrected chi connectivity index (χ1v) is 22.9. The maximum atomic E-state index is 14.3. The largest absolute Gasteiger partial charge is 0.573 e. The summed E-state index contributed by atoms with van der Waals surface area (Å²) in [7, 11) is 4.92. The highest BCUT2D eigenvalue weighted by atomic mass is 32.1. The van der Waals surface area contributed by atoms with E-state index < -0.39 is 24.4 Å². The van der Waals surface area contributed by atoms with Crippen LogP contribution < -0.4 is 20.6 Å². The van der Waals surface area contributed by atoms with Crippen molar-refractivity contribution >= 4 is 61.6 Å². The number of thiazole rings is 1. The molecule has 3 aliphatic heterocycles. The molecular formula is C47H50F3N9O6S. The standard InChI is InChI=1S/C47H50F3N9O6S/c1-54(2)45(63)31-24-34(41-38(25-31)66-44(53-41)30-8-5-18-57(27-30)40(61)16-22-58-19-6-17-51-58)33-11-10-32(26-37(33)65-47(48,49)50)56-20-14-28(15-21-56)23-29-7-4-9-35-42(29)55(3)46(64)59(35)36-12-13-39(60)52-43(36)62/h4,6-11,17,19,24-26,28,36,43,62H,5,12-16,18,20-23,27H2,1-3H3,(H,52,60). The number of anilines is 1. The highest BCUT2D eigenvalue weighted by Gasteiger charge is 2.35. The SMILES string of the molecule is CN(C)C(=O)c1cc(-c2ccc(N3CCC(Cc4cccc5c4n(C)c(=O)n5C4CCC(=O)NC4O)CC3)cc2OC(F)(F)F)c2nc(C3=CCCN(C(=O)CCn4cccn4)C3)sc2c1. The molecule has 9 rings (SSSR count). The summed E-state index contributed by atoms with van der Waals surface area (Å²) in [6, 6.07) is 15.0. The van der Waals surface area contributed by atoms with E-state index in [-0.39, 0.29) is 53.3 Å². The lowest BCUT2D eigenvalue weighted by Crippen LogP contribution is -2.47. The summed E-state index contributed by atoms with van der Waals surface area (Å²) in [6.07, 6.45) is 2.85. The van der Waals surface area contributed by atoms with Crippen molar-refractivity contribution in [3.8, 4) is 16.9 Å². The van der Waals surface area contributed by atoms with Crippen LogP contribution >= 0.6 is 11.3 Å². The maximum absolute atomic E-state index is 14.3. The van der Waals surface area contributed by atoms with Crippen LogP contribution in [-0.2, 0) is 29.6 Å². The Morgan fingerprint density at radius 3 is 2.55 bits per heavy atom. The lowest BCUT2D eigenvalue weighted by molar-refractivity contribution is -0.274. The summed E-state index contributed by atoms with van der Waals surface area (Å²) in [4.78, 5) is 62.3. The Kier molecular flexibility index (Phi) is 12.2. The lowest BCUT2D eigenvalue weighted by atomic mass is 9.89. The number of nitrogens with zero attached hydrogens (tertiary/aromatic N) is 8. The normalized spacial score (nSPS) is 18.5. The van der Waals surface area contributed by atoms with E-state index in [4.69, 9.17) is 9.72 Å². The summed E-state index contributed by atoms with van der Waals surface area (Å²) in [5, 5.41) is 18.0. The van der Waals surface area contributed by atoms with E-state index in [0.29, 0.717) is 84.0 Å². The van der Waals surface area contributed by atoms with Crippen LogP contribution in [0.25, 0.3) is 38.0 Å². The zero-order valence-electron chi connectivity index (χ0n) is 36.8. The van der Waals surface area contributed by atoms with Gasteiger partial charge in [-0.2, -0.15) is 5.10 Å². The Morgan fingerprint density at radius 2 is 1.82 bits per heavy atom. The minimum Gasteiger partial charge on any atom is -0.405 e. The molecule has 0 radical (unpaired) electrons. The van der Waals surface area contributed by atoms with Crippen LogP contribution in [0, 0.1) is 5.92 Å². The van der Waals surface area contributed by atoms with Crippen LogP contribution in [0.15, 0.2) is 77.9 Å². The Balaban J connectivity index is 0.973. The molecule has 0 spiro atoms. The van der Waals surface area contributed by atoms with Gasteiger partial charge in [0.05, 0.1) is 27.3 Å². The molecule has 3 amide bonds. The number of fused-ring (bicyclic) bond motifs is 2. The number of benzene rings is 3. The van der Waals surface area contributed by atoms with Gasteiger partial charge >= 0.3 is 12.1 Å². The number of nitrogens with one attached hydrogen (secondary N) is 1. The molecule has 2 atom stereocenters. The van der Waals surface area contributed by atoms with Gasteiger partial charge in [-0.25, -0.2) is 9.78 Å². The smallest absolute Gasteiger partial charge is 0.405 e. The summed E-state index contributed by atoms with van der Waals surface area (Å²) in [5.41, 5.74) is 4.65. The average Bonchev–Trinajstić information content (AvgIpc) is 4.04. The van der Waals surface area contributed by atoms with Gasteiger partial charge in [0.2, 0.25) is 11.8 Å². The number of aliphatic hydroxyl groups excluding tert-OH is 1. The Morgan fingerprint density at radius 1 is 1.02 bits per heavy atom. The van der Waals surface area contributed by atoms with E-state index >= 15 is 0 Å². The van der Waals surface area contributed by atoms with Gasteiger partial charge in [-0.3, -0.25) is 28.2 Å². The number of piperidine rings is 2. The van der Waals surface area contributed by atoms with Gasteiger partial charge in [0.25, 0.3) is 5.91 Å². The zero-order valence-corrected chi connectivity index (χ0v) is 37.6. The molecule has 0 bridgehead atoms. The number of amides is 3. The van der Waals surface area contributed by atoms with Crippen LogP contribution in [0.4, 0.5) is 18.9 Å². The number of ether oxygens (including phenoxy) is 1. The third-order valence-corrected chi connectivity index (χ3v) is 13.9. The van der Waals surface area contributed by atoms with Crippen molar-refractivity contribution < 1.29 is 37.4 Å². The number of aryl methyl sites for hydroxylation is 2. The Bertz CT molecular complexity index is 2910. The Hall–Kier alpha value is -6.47. The predicted octanol–water partition coefficient (Wildman–Crippen LogP) is 6.35. The van der Waals surface area contributed by atoms with Crippen LogP contribution in [0.2, 0.25) is 0 Å². The number of aromatic nitrogens is 5. The van der Waals surface area contributed by atoms with E-state index in [2.05, 4.69) is 10.4 Å². The second-order valence-corrected chi connectivity index (χ2v) is 18.4. The van der Waals surface area contributed by atoms with Crippen molar-refractivity contribution in [2.24, 2.45) is 13.0 Å². The number of hydrogen-bond donors (Lipinski definition) is 2. The lowest BCUT2D eigenvalue weighted by Gasteiger charge is -2.34.